The number of halogens is 1. The lowest BCUT2D eigenvalue weighted by atomic mass is 9.94. The highest BCUT2D eigenvalue weighted by Gasteiger charge is 2.19. The number of oxazole rings is 1. The van der Waals surface area contributed by atoms with Gasteiger partial charge in [-0.3, -0.25) is 0 Å². The average molecular weight is 360 g/mol. The molecule has 128 valence electrons. The Morgan fingerprint density at radius 3 is 2.04 bits per heavy atom. The van der Waals surface area contributed by atoms with Crippen LogP contribution in [0.1, 0.15) is 11.5 Å². The van der Waals surface area contributed by atoms with Gasteiger partial charge in [-0.2, -0.15) is 0 Å². The molecule has 4 aromatic rings. The molecule has 1 heterocycles. The van der Waals surface area contributed by atoms with Crippen molar-refractivity contribution in [2.45, 2.75) is 12.8 Å². The Kier molecular flexibility index (Phi) is 4.59. The van der Waals surface area contributed by atoms with Crippen LogP contribution in [-0.2, 0) is 5.88 Å². The lowest BCUT2D eigenvalue weighted by Gasteiger charge is -2.11. The van der Waals surface area contributed by atoms with E-state index in [9.17, 15) is 0 Å². The Balaban J connectivity index is 1.90. The number of rotatable bonds is 4. The predicted octanol–water partition coefficient (Wildman–Crippen LogP) is 6.72. The van der Waals surface area contributed by atoms with Gasteiger partial charge in [-0.05, 0) is 23.6 Å². The first kappa shape index (κ1) is 16.6. The third-order valence-electron chi connectivity index (χ3n) is 4.50. The number of hydrogen-bond acceptors (Lipinski definition) is 2. The van der Waals surface area contributed by atoms with E-state index in [2.05, 4.69) is 54.4 Å². The van der Waals surface area contributed by atoms with E-state index < -0.39 is 0 Å². The van der Waals surface area contributed by atoms with Crippen molar-refractivity contribution in [3.63, 3.8) is 0 Å². The molecule has 0 aliphatic rings. The van der Waals surface area contributed by atoms with Crippen LogP contribution in [0.3, 0.4) is 0 Å². The summed E-state index contributed by atoms with van der Waals surface area (Å²) in [6.45, 7) is 2.12. The van der Waals surface area contributed by atoms with Gasteiger partial charge in [-0.15, -0.1) is 11.6 Å². The van der Waals surface area contributed by atoms with Crippen molar-refractivity contribution in [3.05, 3.63) is 90.3 Å². The van der Waals surface area contributed by atoms with E-state index in [4.69, 9.17) is 16.0 Å². The maximum atomic E-state index is 6.03. The van der Waals surface area contributed by atoms with Crippen LogP contribution in [0.2, 0.25) is 0 Å². The number of aromatic nitrogens is 1. The first-order chi connectivity index (χ1) is 12.8. The average Bonchev–Trinajstić information content (AvgIpc) is 3.14. The largest absolute Gasteiger partial charge is 0.439 e. The summed E-state index contributed by atoms with van der Waals surface area (Å²) in [6.07, 6.45) is 0. The van der Waals surface area contributed by atoms with Crippen LogP contribution in [0.4, 0.5) is 0 Å². The van der Waals surface area contributed by atoms with Gasteiger partial charge in [0.25, 0.3) is 0 Å². The molecule has 0 atom stereocenters. The van der Waals surface area contributed by atoms with Crippen LogP contribution < -0.4 is 0 Å². The molecule has 3 heteroatoms. The molecular formula is C23H18ClNO. The lowest BCUT2D eigenvalue weighted by molar-refractivity contribution is 0.528. The minimum atomic E-state index is 0.247. The Morgan fingerprint density at radius 1 is 0.769 bits per heavy atom. The summed E-state index contributed by atoms with van der Waals surface area (Å²) in [5, 5.41) is 0. The number of alkyl halides is 1. The van der Waals surface area contributed by atoms with Crippen molar-refractivity contribution >= 4 is 11.6 Å². The molecule has 0 aliphatic heterocycles. The highest BCUT2D eigenvalue weighted by molar-refractivity contribution is 6.16. The van der Waals surface area contributed by atoms with Crippen LogP contribution in [0.5, 0.6) is 0 Å². The van der Waals surface area contributed by atoms with Gasteiger partial charge < -0.3 is 4.42 Å². The summed E-state index contributed by atoms with van der Waals surface area (Å²) >= 11 is 6.00. The van der Waals surface area contributed by atoms with Crippen LogP contribution >= 0.6 is 11.6 Å². The van der Waals surface area contributed by atoms with Gasteiger partial charge in [0, 0.05) is 11.1 Å². The zero-order chi connectivity index (χ0) is 17.9. The molecule has 0 unspecified atom stereocenters. The van der Waals surface area contributed by atoms with Gasteiger partial charge in [-0.25, -0.2) is 4.98 Å². The summed E-state index contributed by atoms with van der Waals surface area (Å²) < 4.78 is 6.03. The van der Waals surface area contributed by atoms with Crippen molar-refractivity contribution in [1.29, 1.82) is 0 Å². The number of hydrogen-bond donors (Lipinski definition) is 0. The van der Waals surface area contributed by atoms with Crippen molar-refractivity contribution in [1.82, 2.24) is 4.98 Å². The third-order valence-corrected chi connectivity index (χ3v) is 4.72. The Labute approximate surface area is 158 Å². The first-order valence-electron chi connectivity index (χ1n) is 8.54. The van der Waals surface area contributed by atoms with Crippen LogP contribution in [0.15, 0.2) is 83.3 Å². The maximum absolute atomic E-state index is 6.03. The van der Waals surface area contributed by atoms with E-state index in [0.29, 0.717) is 5.89 Å². The minimum absolute atomic E-state index is 0.247. The molecule has 1 aromatic heterocycles. The van der Waals surface area contributed by atoms with Crippen LogP contribution in [0, 0.1) is 6.92 Å². The standard InChI is InChI=1S/C23H18ClNO/c1-16-19(17-9-4-2-5-10-17)13-8-14-20(16)23-22(25-21(15-24)26-23)18-11-6-3-7-12-18/h2-14H,15H2,1H3. The highest BCUT2D eigenvalue weighted by Crippen LogP contribution is 2.37. The van der Waals surface area contributed by atoms with E-state index in [1.165, 1.54) is 11.1 Å². The van der Waals surface area contributed by atoms with E-state index in [0.717, 1.165) is 28.1 Å². The fourth-order valence-corrected chi connectivity index (χ4v) is 3.32. The molecule has 0 saturated heterocycles. The SMILES string of the molecule is Cc1c(-c2ccccc2)cccc1-c1oc(CCl)nc1-c1ccccc1. The van der Waals surface area contributed by atoms with Crippen molar-refractivity contribution in [2.75, 3.05) is 0 Å². The summed E-state index contributed by atoms with van der Waals surface area (Å²) in [7, 11) is 0. The number of nitrogens with zero attached hydrogens (tertiary/aromatic N) is 1. The predicted molar refractivity (Wildman–Crippen MR) is 107 cm³/mol. The third kappa shape index (κ3) is 3.04. The molecule has 0 spiro atoms. The lowest BCUT2D eigenvalue weighted by Crippen LogP contribution is -1.89. The maximum Gasteiger partial charge on any atom is 0.210 e. The first-order valence-corrected chi connectivity index (χ1v) is 9.08. The Hall–Kier alpha value is -2.84. The molecule has 0 fully saturated rings. The fraction of sp³-hybridized carbons (Fsp3) is 0.0870. The molecule has 0 amide bonds. The minimum Gasteiger partial charge on any atom is -0.439 e. The molecule has 4 rings (SSSR count). The van der Waals surface area contributed by atoms with Gasteiger partial charge in [0.05, 0.1) is 5.88 Å². The summed E-state index contributed by atoms with van der Waals surface area (Å²) in [6, 6.07) is 26.7. The zero-order valence-corrected chi connectivity index (χ0v) is 15.2. The second-order valence-corrected chi connectivity index (χ2v) is 6.40. The van der Waals surface area contributed by atoms with Crippen molar-refractivity contribution in [2.24, 2.45) is 0 Å². The Bertz CT molecular complexity index is 1020. The monoisotopic (exact) mass is 359 g/mol. The normalized spacial score (nSPS) is 10.8. The molecule has 0 aliphatic carbocycles. The van der Waals surface area contributed by atoms with Crippen molar-refractivity contribution < 1.29 is 4.42 Å². The molecule has 2 nitrogen and oxygen atoms in total. The quantitative estimate of drug-likeness (QED) is 0.378. The van der Waals surface area contributed by atoms with E-state index >= 15 is 0 Å². The molecule has 3 aromatic carbocycles. The van der Waals surface area contributed by atoms with Gasteiger partial charge in [-0.1, -0.05) is 78.9 Å². The smallest absolute Gasteiger partial charge is 0.210 e. The van der Waals surface area contributed by atoms with Crippen LogP contribution in [-0.4, -0.2) is 4.98 Å². The van der Waals surface area contributed by atoms with Crippen molar-refractivity contribution in [3.8, 4) is 33.7 Å². The van der Waals surface area contributed by atoms with Gasteiger partial charge in [0.15, 0.2) is 5.76 Å². The van der Waals surface area contributed by atoms with Crippen LogP contribution in [0.25, 0.3) is 33.7 Å². The summed E-state index contributed by atoms with van der Waals surface area (Å²) in [5.41, 5.74) is 6.42. The van der Waals surface area contributed by atoms with Gasteiger partial charge in [0.2, 0.25) is 5.89 Å². The molecule has 26 heavy (non-hydrogen) atoms. The van der Waals surface area contributed by atoms with Gasteiger partial charge >= 0.3 is 0 Å². The zero-order valence-electron chi connectivity index (χ0n) is 14.4. The Morgan fingerprint density at radius 2 is 1.38 bits per heavy atom. The molecule has 0 radical (unpaired) electrons. The molecular weight excluding hydrogens is 342 g/mol. The van der Waals surface area contributed by atoms with Gasteiger partial charge in [0.1, 0.15) is 5.69 Å². The van der Waals surface area contributed by atoms with E-state index in [1.54, 1.807) is 0 Å². The summed E-state index contributed by atoms with van der Waals surface area (Å²) in [4.78, 5) is 4.62. The van der Waals surface area contributed by atoms with E-state index in [1.807, 2.05) is 36.4 Å². The fourth-order valence-electron chi connectivity index (χ4n) is 3.21. The molecule has 0 saturated carbocycles. The molecule has 0 bridgehead atoms. The van der Waals surface area contributed by atoms with E-state index in [-0.39, 0.29) is 5.88 Å². The topological polar surface area (TPSA) is 26.0 Å². The second kappa shape index (κ2) is 7.19. The number of benzene rings is 3. The summed E-state index contributed by atoms with van der Waals surface area (Å²) in [5.74, 6) is 1.55. The second-order valence-electron chi connectivity index (χ2n) is 6.13. The highest BCUT2D eigenvalue weighted by atomic mass is 35.5. The molecule has 0 N–H and O–H groups in total.